The number of halogens is 2. The van der Waals surface area contributed by atoms with Gasteiger partial charge in [-0.05, 0) is 30.3 Å². The Morgan fingerprint density at radius 3 is 1.72 bits per heavy atom. The average molecular weight is 372 g/mol. The molecule has 0 aliphatic heterocycles. The van der Waals surface area contributed by atoms with Crippen molar-refractivity contribution < 1.29 is 15.0 Å². The van der Waals surface area contributed by atoms with Gasteiger partial charge in [-0.1, -0.05) is 31.9 Å². The molecule has 3 nitrogen and oxygen atoms in total. The molecule has 0 saturated carbocycles. The fourth-order valence-corrected chi connectivity index (χ4v) is 2.87. The number of hydrogen-bond donors (Lipinski definition) is 2. The largest absolute Gasteiger partial charge is 0.508 e. The summed E-state index contributed by atoms with van der Waals surface area (Å²) in [6, 6.07) is 8.97. The molecule has 2 rings (SSSR count). The maximum atomic E-state index is 12.2. The summed E-state index contributed by atoms with van der Waals surface area (Å²) in [4.78, 5) is 12.2. The van der Waals surface area contributed by atoms with Crippen molar-refractivity contribution in [2.75, 3.05) is 0 Å². The SMILES string of the molecule is O=C(c1cc(O)cc(O)c1)c1cc(Br)cc(Br)c1. The zero-order chi connectivity index (χ0) is 13.3. The number of phenolic OH excluding ortho intramolecular Hbond substituents is 2. The highest BCUT2D eigenvalue weighted by Gasteiger charge is 2.12. The van der Waals surface area contributed by atoms with E-state index in [0.717, 1.165) is 8.95 Å². The Kier molecular flexibility index (Phi) is 3.73. The number of carbonyl (C=O) groups excluding carboxylic acids is 1. The number of ketones is 1. The molecule has 0 unspecified atom stereocenters. The van der Waals surface area contributed by atoms with Gasteiger partial charge in [0.2, 0.25) is 0 Å². The molecule has 0 spiro atoms. The minimum atomic E-state index is -0.275. The van der Waals surface area contributed by atoms with Crippen LogP contribution in [0.1, 0.15) is 15.9 Å². The minimum absolute atomic E-state index is 0.146. The van der Waals surface area contributed by atoms with E-state index in [1.165, 1.54) is 18.2 Å². The van der Waals surface area contributed by atoms with Crippen LogP contribution < -0.4 is 0 Å². The van der Waals surface area contributed by atoms with Crippen LogP contribution in [-0.2, 0) is 0 Å². The summed E-state index contributed by atoms with van der Waals surface area (Å²) in [5, 5.41) is 18.7. The third-order valence-corrected chi connectivity index (χ3v) is 3.21. The molecule has 2 aromatic rings. The molecule has 0 saturated heterocycles. The maximum absolute atomic E-state index is 12.2. The van der Waals surface area contributed by atoms with Crippen molar-refractivity contribution in [2.45, 2.75) is 0 Å². The third-order valence-electron chi connectivity index (χ3n) is 2.29. The minimum Gasteiger partial charge on any atom is -0.508 e. The molecule has 2 N–H and O–H groups in total. The van der Waals surface area contributed by atoms with Crippen LogP contribution in [0.25, 0.3) is 0 Å². The van der Waals surface area contributed by atoms with E-state index in [1.54, 1.807) is 12.1 Å². The molecular formula is C13H8Br2O3. The van der Waals surface area contributed by atoms with Gasteiger partial charge in [-0.25, -0.2) is 0 Å². The second kappa shape index (κ2) is 5.12. The van der Waals surface area contributed by atoms with Crippen molar-refractivity contribution >= 4 is 37.6 Å². The normalized spacial score (nSPS) is 10.3. The Labute approximate surface area is 120 Å². The number of hydrogen-bond acceptors (Lipinski definition) is 3. The Hall–Kier alpha value is -1.33. The molecule has 0 atom stereocenters. The number of benzene rings is 2. The zero-order valence-corrected chi connectivity index (χ0v) is 12.2. The number of rotatable bonds is 2. The van der Waals surface area contributed by atoms with Crippen LogP contribution >= 0.6 is 31.9 Å². The Bertz CT molecular complexity index is 530. The van der Waals surface area contributed by atoms with E-state index in [1.807, 2.05) is 6.07 Å². The molecular weight excluding hydrogens is 364 g/mol. The highest BCUT2D eigenvalue weighted by molar-refractivity contribution is 9.11. The van der Waals surface area contributed by atoms with E-state index in [0.29, 0.717) is 5.56 Å². The molecule has 2 aromatic carbocycles. The lowest BCUT2D eigenvalue weighted by atomic mass is 10.0. The van der Waals surface area contributed by atoms with Gasteiger partial charge in [-0.3, -0.25) is 4.79 Å². The van der Waals surface area contributed by atoms with Gasteiger partial charge in [0.25, 0.3) is 0 Å². The quantitative estimate of drug-likeness (QED) is 0.788. The van der Waals surface area contributed by atoms with Crippen molar-refractivity contribution in [3.63, 3.8) is 0 Å². The van der Waals surface area contributed by atoms with Gasteiger partial charge in [0.15, 0.2) is 5.78 Å². The summed E-state index contributed by atoms with van der Waals surface area (Å²) in [6.07, 6.45) is 0. The van der Waals surface area contributed by atoms with Crippen LogP contribution in [0.3, 0.4) is 0 Å². The summed E-state index contributed by atoms with van der Waals surface area (Å²) in [5.41, 5.74) is 0.693. The Morgan fingerprint density at radius 2 is 1.22 bits per heavy atom. The Balaban J connectivity index is 2.47. The predicted molar refractivity (Wildman–Crippen MR) is 75.0 cm³/mol. The second-order valence-corrected chi connectivity index (χ2v) is 5.56. The van der Waals surface area contributed by atoms with E-state index < -0.39 is 0 Å². The first-order chi connectivity index (χ1) is 8.45. The lowest BCUT2D eigenvalue weighted by molar-refractivity contribution is 0.103. The molecule has 0 bridgehead atoms. The first-order valence-electron chi connectivity index (χ1n) is 4.99. The van der Waals surface area contributed by atoms with Crippen molar-refractivity contribution in [3.05, 3.63) is 56.5 Å². The molecule has 5 heteroatoms. The smallest absolute Gasteiger partial charge is 0.193 e. The standard InChI is InChI=1S/C13H8Br2O3/c14-9-1-7(2-10(15)5-9)13(18)8-3-11(16)6-12(17)4-8/h1-6,16-17H. The molecule has 0 fully saturated rings. The summed E-state index contributed by atoms with van der Waals surface area (Å²) < 4.78 is 1.54. The van der Waals surface area contributed by atoms with Crippen LogP contribution in [0.5, 0.6) is 11.5 Å². The molecule has 0 aliphatic rings. The molecule has 0 aromatic heterocycles. The van der Waals surface area contributed by atoms with E-state index in [-0.39, 0.29) is 22.8 Å². The van der Waals surface area contributed by atoms with E-state index in [9.17, 15) is 15.0 Å². The molecule has 0 amide bonds. The van der Waals surface area contributed by atoms with Gasteiger partial charge >= 0.3 is 0 Å². The van der Waals surface area contributed by atoms with Gasteiger partial charge in [0.1, 0.15) is 11.5 Å². The first-order valence-corrected chi connectivity index (χ1v) is 6.58. The van der Waals surface area contributed by atoms with Gasteiger partial charge in [0, 0.05) is 26.1 Å². The number of phenols is 2. The fourth-order valence-electron chi connectivity index (χ4n) is 1.58. The van der Waals surface area contributed by atoms with Gasteiger partial charge < -0.3 is 10.2 Å². The van der Waals surface area contributed by atoms with Crippen molar-refractivity contribution in [1.82, 2.24) is 0 Å². The maximum Gasteiger partial charge on any atom is 0.193 e. The van der Waals surface area contributed by atoms with Crippen LogP contribution in [0, 0.1) is 0 Å². The molecule has 0 aliphatic carbocycles. The van der Waals surface area contributed by atoms with Crippen LogP contribution in [-0.4, -0.2) is 16.0 Å². The monoisotopic (exact) mass is 370 g/mol. The van der Waals surface area contributed by atoms with Crippen molar-refractivity contribution in [3.8, 4) is 11.5 Å². The van der Waals surface area contributed by atoms with E-state index in [2.05, 4.69) is 31.9 Å². The highest BCUT2D eigenvalue weighted by atomic mass is 79.9. The number of carbonyl (C=O) groups is 1. The third kappa shape index (κ3) is 2.91. The molecule has 0 heterocycles. The molecule has 18 heavy (non-hydrogen) atoms. The topological polar surface area (TPSA) is 57.5 Å². The van der Waals surface area contributed by atoms with Crippen LogP contribution in [0.2, 0.25) is 0 Å². The van der Waals surface area contributed by atoms with Crippen LogP contribution in [0.15, 0.2) is 45.3 Å². The number of aromatic hydroxyl groups is 2. The van der Waals surface area contributed by atoms with E-state index >= 15 is 0 Å². The molecule has 0 radical (unpaired) electrons. The van der Waals surface area contributed by atoms with Gasteiger partial charge in [0.05, 0.1) is 0 Å². The highest BCUT2D eigenvalue weighted by Crippen LogP contribution is 2.25. The predicted octanol–water partition coefficient (Wildman–Crippen LogP) is 3.85. The van der Waals surface area contributed by atoms with Crippen molar-refractivity contribution in [2.24, 2.45) is 0 Å². The molecule has 92 valence electrons. The fraction of sp³-hybridized carbons (Fsp3) is 0. The van der Waals surface area contributed by atoms with Crippen molar-refractivity contribution in [1.29, 1.82) is 0 Å². The zero-order valence-electron chi connectivity index (χ0n) is 9.02. The second-order valence-electron chi connectivity index (χ2n) is 3.73. The van der Waals surface area contributed by atoms with Gasteiger partial charge in [-0.2, -0.15) is 0 Å². The van der Waals surface area contributed by atoms with Gasteiger partial charge in [-0.15, -0.1) is 0 Å². The lowest BCUT2D eigenvalue weighted by Gasteiger charge is -2.04. The average Bonchev–Trinajstić information content (AvgIpc) is 2.25. The summed E-state index contributed by atoms with van der Waals surface area (Å²) in [7, 11) is 0. The summed E-state index contributed by atoms with van der Waals surface area (Å²) in [6.45, 7) is 0. The summed E-state index contributed by atoms with van der Waals surface area (Å²) >= 11 is 6.60. The first kappa shape index (κ1) is 13.1. The lowest BCUT2D eigenvalue weighted by Crippen LogP contribution is -2.01. The summed E-state index contributed by atoms with van der Waals surface area (Å²) in [5.74, 6) is -0.567. The van der Waals surface area contributed by atoms with E-state index in [4.69, 9.17) is 0 Å². The van der Waals surface area contributed by atoms with Crippen LogP contribution in [0.4, 0.5) is 0 Å². The Morgan fingerprint density at radius 1 is 0.778 bits per heavy atom.